The molecule has 1 aliphatic rings. The summed E-state index contributed by atoms with van der Waals surface area (Å²) in [6.45, 7) is -0.473. The van der Waals surface area contributed by atoms with Crippen molar-refractivity contribution >= 4 is 5.95 Å². The van der Waals surface area contributed by atoms with E-state index in [1.165, 1.54) is 0 Å². The first-order valence-electron chi connectivity index (χ1n) is 5.44. The second-order valence-corrected chi connectivity index (χ2v) is 3.87. The highest BCUT2D eigenvalue weighted by Gasteiger charge is 2.43. The molecule has 0 aromatic carbocycles. The number of hydrogen-bond acceptors (Lipinski definition) is 10. The summed E-state index contributed by atoms with van der Waals surface area (Å²) < 4.78 is 6.04. The summed E-state index contributed by atoms with van der Waals surface area (Å²) in [5.74, 6) is -0.196. The summed E-state index contributed by atoms with van der Waals surface area (Å²) in [6.07, 6.45) is -3.67. The van der Waals surface area contributed by atoms with E-state index in [4.69, 9.17) is 30.9 Å². The third-order valence-electron chi connectivity index (χ3n) is 2.54. The SMILES string of the molecule is Nc1ncn([C@@H]2O[C@H](CO)[C@@H](O)[C@H]2O)c(=O)n1.O=[N+]([O-])O. The van der Waals surface area contributed by atoms with Crippen molar-refractivity contribution in [3.05, 3.63) is 26.9 Å². The van der Waals surface area contributed by atoms with Crippen LogP contribution < -0.4 is 11.4 Å². The molecule has 0 saturated carbocycles. The summed E-state index contributed by atoms with van der Waals surface area (Å²) in [4.78, 5) is 26.8. The number of aliphatic hydroxyl groups is 3. The van der Waals surface area contributed by atoms with Gasteiger partial charge >= 0.3 is 5.69 Å². The topological polar surface area (TPSA) is 207 Å². The van der Waals surface area contributed by atoms with Crippen molar-refractivity contribution in [2.24, 2.45) is 0 Å². The maximum Gasteiger partial charge on any atom is 0.354 e. The number of nitrogens with zero attached hydrogens (tertiary/aromatic N) is 4. The van der Waals surface area contributed by atoms with Gasteiger partial charge in [0.15, 0.2) is 6.23 Å². The van der Waals surface area contributed by atoms with E-state index in [1.54, 1.807) is 0 Å². The lowest BCUT2D eigenvalue weighted by Crippen LogP contribution is -2.36. The van der Waals surface area contributed by atoms with E-state index in [1.807, 2.05) is 0 Å². The first-order chi connectivity index (χ1) is 9.77. The van der Waals surface area contributed by atoms with Gasteiger partial charge in [-0.05, 0) is 0 Å². The van der Waals surface area contributed by atoms with E-state index in [-0.39, 0.29) is 5.95 Å². The summed E-state index contributed by atoms with van der Waals surface area (Å²) in [6, 6.07) is 0. The summed E-state index contributed by atoms with van der Waals surface area (Å²) in [5, 5.41) is 41.7. The molecule has 0 unspecified atom stereocenters. The van der Waals surface area contributed by atoms with Gasteiger partial charge in [0.2, 0.25) is 5.95 Å². The fourth-order valence-electron chi connectivity index (χ4n) is 1.64. The molecule has 6 N–H and O–H groups in total. The molecule has 1 aromatic rings. The van der Waals surface area contributed by atoms with Gasteiger partial charge in [0.1, 0.15) is 24.6 Å². The molecule has 2 heterocycles. The van der Waals surface area contributed by atoms with E-state index in [2.05, 4.69) is 9.97 Å². The molecule has 2 rings (SSSR count). The molecule has 0 bridgehead atoms. The maximum atomic E-state index is 11.5. The van der Waals surface area contributed by atoms with Gasteiger partial charge in [-0.3, -0.25) is 4.57 Å². The number of aliphatic hydroxyl groups excluding tert-OH is 3. The minimum absolute atomic E-state index is 0.196. The zero-order chi connectivity index (χ0) is 16.2. The standard InChI is InChI=1S/C8H12N4O5.HNO3/c9-7-10-2-12(8(16)11-7)6-5(15)4(14)3(1-13)17-6;2-1(3)4/h2-6,13-15H,1H2,(H2,9,11,16);(H,2,3,4)/t3-,4-,5-,6-;/m1./s1. The van der Waals surface area contributed by atoms with Crippen LogP contribution in [-0.2, 0) is 4.74 Å². The van der Waals surface area contributed by atoms with Crippen LogP contribution in [0.4, 0.5) is 5.95 Å². The molecule has 13 nitrogen and oxygen atoms in total. The van der Waals surface area contributed by atoms with Crippen molar-refractivity contribution in [2.45, 2.75) is 24.5 Å². The van der Waals surface area contributed by atoms with E-state index in [0.717, 1.165) is 10.9 Å². The van der Waals surface area contributed by atoms with Gasteiger partial charge in [-0.15, -0.1) is 10.1 Å². The van der Waals surface area contributed by atoms with Crippen LogP contribution in [0.3, 0.4) is 0 Å². The van der Waals surface area contributed by atoms with Crippen LogP contribution >= 0.6 is 0 Å². The largest absolute Gasteiger partial charge is 0.394 e. The molecule has 21 heavy (non-hydrogen) atoms. The van der Waals surface area contributed by atoms with Crippen molar-refractivity contribution in [1.29, 1.82) is 0 Å². The average molecular weight is 307 g/mol. The van der Waals surface area contributed by atoms with Crippen LogP contribution in [-0.4, -0.2) is 65.1 Å². The van der Waals surface area contributed by atoms with Gasteiger partial charge in [0.05, 0.1) is 6.61 Å². The Morgan fingerprint density at radius 1 is 1.48 bits per heavy atom. The normalized spacial score (nSPS) is 27.8. The Bertz CT molecular complexity index is 546. The predicted octanol–water partition coefficient (Wildman–Crippen LogP) is -3.52. The third kappa shape index (κ3) is 4.06. The Kier molecular flexibility index (Phi) is 5.48. The fourth-order valence-corrected chi connectivity index (χ4v) is 1.64. The Balaban J connectivity index is 0.000000491. The van der Waals surface area contributed by atoms with Crippen LogP contribution in [0.2, 0.25) is 0 Å². The van der Waals surface area contributed by atoms with E-state index < -0.39 is 41.9 Å². The molecule has 0 spiro atoms. The monoisotopic (exact) mass is 307 g/mol. The molecule has 118 valence electrons. The van der Waals surface area contributed by atoms with Crippen molar-refractivity contribution in [3.63, 3.8) is 0 Å². The smallest absolute Gasteiger partial charge is 0.354 e. The Morgan fingerprint density at radius 3 is 2.48 bits per heavy atom. The number of hydrogen-bond donors (Lipinski definition) is 5. The van der Waals surface area contributed by atoms with Gasteiger partial charge in [-0.1, -0.05) is 0 Å². The Morgan fingerprint density at radius 2 is 2.05 bits per heavy atom. The lowest BCUT2D eigenvalue weighted by Gasteiger charge is -2.16. The summed E-state index contributed by atoms with van der Waals surface area (Å²) in [7, 11) is 0. The second-order valence-electron chi connectivity index (χ2n) is 3.87. The molecule has 0 radical (unpaired) electrons. The molecule has 4 atom stereocenters. The molecule has 1 aromatic heterocycles. The van der Waals surface area contributed by atoms with Gasteiger partial charge in [-0.25, -0.2) is 9.78 Å². The Labute approximate surface area is 116 Å². The summed E-state index contributed by atoms with van der Waals surface area (Å²) in [5.41, 5.74) is 4.46. The quantitative estimate of drug-likeness (QED) is 0.267. The lowest BCUT2D eigenvalue weighted by molar-refractivity contribution is -0.742. The zero-order valence-corrected chi connectivity index (χ0v) is 10.4. The molecular weight excluding hydrogens is 294 g/mol. The highest BCUT2D eigenvalue weighted by atomic mass is 16.9. The summed E-state index contributed by atoms with van der Waals surface area (Å²) >= 11 is 0. The van der Waals surface area contributed by atoms with Crippen LogP contribution in [0.25, 0.3) is 0 Å². The van der Waals surface area contributed by atoms with Crippen molar-refractivity contribution in [2.75, 3.05) is 12.3 Å². The maximum absolute atomic E-state index is 11.5. The van der Waals surface area contributed by atoms with Crippen molar-refractivity contribution < 1.29 is 30.4 Å². The minimum Gasteiger partial charge on any atom is -0.394 e. The molecule has 1 saturated heterocycles. The number of nitrogen functional groups attached to an aromatic ring is 1. The van der Waals surface area contributed by atoms with Gasteiger partial charge in [-0.2, -0.15) is 4.98 Å². The zero-order valence-electron chi connectivity index (χ0n) is 10.4. The first kappa shape index (κ1) is 16.7. The van der Waals surface area contributed by atoms with Gasteiger partial charge < -0.3 is 31.0 Å². The highest BCUT2D eigenvalue weighted by molar-refractivity contribution is 5.10. The van der Waals surface area contributed by atoms with Crippen molar-refractivity contribution in [1.82, 2.24) is 14.5 Å². The van der Waals surface area contributed by atoms with E-state index in [0.29, 0.717) is 0 Å². The van der Waals surface area contributed by atoms with Crippen LogP contribution in [0, 0.1) is 10.1 Å². The molecule has 1 aliphatic heterocycles. The third-order valence-corrected chi connectivity index (χ3v) is 2.54. The predicted molar refractivity (Wildman–Crippen MR) is 62.5 cm³/mol. The highest BCUT2D eigenvalue weighted by Crippen LogP contribution is 2.27. The molecule has 13 heteroatoms. The number of anilines is 1. The molecule has 0 amide bonds. The molecule has 0 aliphatic carbocycles. The second kappa shape index (κ2) is 6.89. The molecule has 1 fully saturated rings. The number of nitrogens with two attached hydrogens (primary N) is 1. The fraction of sp³-hybridized carbons (Fsp3) is 0.625. The molecular formula is C8H13N5O8. The van der Waals surface area contributed by atoms with Crippen LogP contribution in [0.15, 0.2) is 11.1 Å². The number of aromatic nitrogens is 3. The Hall–Kier alpha value is -2.35. The number of ether oxygens (including phenoxy) is 1. The minimum atomic E-state index is -1.50. The van der Waals surface area contributed by atoms with Gasteiger partial charge in [0.25, 0.3) is 5.09 Å². The van der Waals surface area contributed by atoms with Crippen LogP contribution in [0.1, 0.15) is 6.23 Å². The van der Waals surface area contributed by atoms with E-state index >= 15 is 0 Å². The van der Waals surface area contributed by atoms with Crippen molar-refractivity contribution in [3.8, 4) is 0 Å². The van der Waals surface area contributed by atoms with E-state index in [9.17, 15) is 15.0 Å². The average Bonchev–Trinajstić information content (AvgIpc) is 2.66. The number of rotatable bonds is 2. The first-order valence-corrected chi connectivity index (χ1v) is 5.44. The lowest BCUT2D eigenvalue weighted by atomic mass is 10.1. The van der Waals surface area contributed by atoms with Crippen LogP contribution in [0.5, 0.6) is 0 Å². The van der Waals surface area contributed by atoms with Gasteiger partial charge in [0, 0.05) is 0 Å².